The lowest BCUT2D eigenvalue weighted by atomic mass is 9.94. The maximum Gasteiger partial charge on any atom is 0.341 e. The van der Waals surface area contributed by atoms with Crippen LogP contribution in [0.25, 0.3) is 0 Å². The van der Waals surface area contributed by atoms with Crippen molar-refractivity contribution in [2.75, 3.05) is 32.4 Å². The Kier molecular flexibility index (Phi) is 5.43. The molecule has 0 spiro atoms. The number of carbonyl (C=O) groups is 2. The van der Waals surface area contributed by atoms with E-state index in [0.717, 1.165) is 40.3 Å². The van der Waals surface area contributed by atoms with Crippen LogP contribution in [0.2, 0.25) is 5.02 Å². The third-order valence-electron chi connectivity index (χ3n) is 4.89. The Labute approximate surface area is 158 Å². The summed E-state index contributed by atoms with van der Waals surface area (Å²) in [6.07, 6.45) is 3.77. The van der Waals surface area contributed by atoms with Crippen molar-refractivity contribution in [3.63, 3.8) is 0 Å². The van der Waals surface area contributed by atoms with Crippen molar-refractivity contribution in [1.82, 2.24) is 14.1 Å². The van der Waals surface area contributed by atoms with Crippen LogP contribution in [0.1, 0.15) is 30.7 Å². The van der Waals surface area contributed by atoms with E-state index in [0.29, 0.717) is 18.1 Å². The highest BCUT2D eigenvalue weighted by Gasteiger charge is 2.40. The van der Waals surface area contributed by atoms with Crippen molar-refractivity contribution in [3.8, 4) is 0 Å². The lowest BCUT2D eigenvalue weighted by Crippen LogP contribution is -2.47. The van der Waals surface area contributed by atoms with E-state index in [-0.39, 0.29) is 19.0 Å². The second kappa shape index (κ2) is 7.44. The van der Waals surface area contributed by atoms with Crippen LogP contribution in [0.5, 0.6) is 0 Å². The molecular formula is C17H22ClN3O4S. The van der Waals surface area contributed by atoms with E-state index < -0.39 is 22.1 Å². The quantitative estimate of drug-likeness (QED) is 0.766. The summed E-state index contributed by atoms with van der Waals surface area (Å²) in [5.41, 5.74) is 1.11. The molecule has 0 unspecified atom stereocenters. The Bertz CT molecular complexity index is 797. The van der Waals surface area contributed by atoms with E-state index >= 15 is 0 Å². The first kappa shape index (κ1) is 19.0. The number of amides is 4. The number of imide groups is 1. The van der Waals surface area contributed by atoms with Crippen LogP contribution in [0, 0.1) is 0 Å². The predicted molar refractivity (Wildman–Crippen MR) is 98.7 cm³/mol. The number of benzene rings is 1. The summed E-state index contributed by atoms with van der Waals surface area (Å²) in [5, 5.41) is 0.666. The van der Waals surface area contributed by atoms with E-state index in [2.05, 4.69) is 0 Å². The largest absolute Gasteiger partial charge is 0.341 e. The highest BCUT2D eigenvalue weighted by Crippen LogP contribution is 2.28. The van der Waals surface area contributed by atoms with Gasteiger partial charge in [0.2, 0.25) is 10.0 Å². The lowest BCUT2D eigenvalue weighted by Gasteiger charge is -2.28. The molecule has 0 bridgehead atoms. The zero-order valence-electron chi connectivity index (χ0n) is 14.6. The third-order valence-corrected chi connectivity index (χ3v) is 6.28. The molecule has 3 rings (SSSR count). The number of urea groups is 2. The average Bonchev–Trinajstić information content (AvgIpc) is 2.82. The second-order valence-corrected chi connectivity index (χ2v) is 9.09. The Balaban J connectivity index is 1.74. The first-order valence-electron chi connectivity index (χ1n) is 8.61. The molecule has 1 aromatic rings. The molecule has 26 heavy (non-hydrogen) atoms. The van der Waals surface area contributed by atoms with Crippen LogP contribution in [0.15, 0.2) is 24.3 Å². The fraction of sp³-hybridized carbons (Fsp3) is 0.529. The summed E-state index contributed by atoms with van der Waals surface area (Å²) in [5.74, 6) is 0.169. The third kappa shape index (κ3) is 3.96. The molecular weight excluding hydrogens is 378 g/mol. The van der Waals surface area contributed by atoms with E-state index in [1.807, 2.05) is 24.3 Å². The van der Waals surface area contributed by atoms with E-state index in [9.17, 15) is 18.0 Å². The summed E-state index contributed by atoms with van der Waals surface area (Å²) in [6.45, 7) is 1.17. The first-order valence-corrected chi connectivity index (χ1v) is 10.8. The number of carbonyl (C=O) groups excluding carboxylic acids is 2. The van der Waals surface area contributed by atoms with E-state index in [4.69, 9.17) is 11.6 Å². The number of hydrogen-bond donors (Lipinski definition) is 0. The molecule has 2 fully saturated rings. The molecule has 4 amide bonds. The van der Waals surface area contributed by atoms with Gasteiger partial charge in [-0.1, -0.05) is 30.2 Å². The Morgan fingerprint density at radius 3 is 2.42 bits per heavy atom. The number of sulfonamides is 1. The molecule has 0 N–H and O–H groups in total. The van der Waals surface area contributed by atoms with Crippen LogP contribution in [0.4, 0.5) is 9.59 Å². The fourth-order valence-electron chi connectivity index (χ4n) is 3.50. The molecule has 7 nitrogen and oxygen atoms in total. The van der Waals surface area contributed by atoms with Crippen molar-refractivity contribution in [3.05, 3.63) is 34.9 Å². The minimum atomic E-state index is -3.66. The summed E-state index contributed by atoms with van der Waals surface area (Å²) in [6, 6.07) is 6.43. The Morgan fingerprint density at radius 1 is 1.12 bits per heavy atom. The molecule has 9 heteroatoms. The summed E-state index contributed by atoms with van der Waals surface area (Å²) >= 11 is 5.95. The van der Waals surface area contributed by atoms with Crippen LogP contribution < -0.4 is 0 Å². The van der Waals surface area contributed by atoms with Crippen LogP contribution >= 0.6 is 11.6 Å². The van der Waals surface area contributed by atoms with Gasteiger partial charge >= 0.3 is 12.1 Å². The van der Waals surface area contributed by atoms with Crippen LogP contribution in [-0.4, -0.2) is 67.0 Å². The minimum absolute atomic E-state index is 0.0118. The number of rotatable bonds is 2. The lowest BCUT2D eigenvalue weighted by molar-refractivity contribution is 0.161. The predicted octanol–water partition coefficient (Wildman–Crippen LogP) is 2.73. The highest BCUT2D eigenvalue weighted by atomic mass is 35.5. The number of nitrogens with zero attached hydrogens (tertiary/aromatic N) is 3. The number of hydrogen-bond acceptors (Lipinski definition) is 4. The SMILES string of the molecule is CS(=O)(=O)N1CCN(C(=O)N2CCCC[C@@H](c3ccc(Cl)cc3)C2)C1=O. The summed E-state index contributed by atoms with van der Waals surface area (Å²) in [4.78, 5) is 27.9. The maximum atomic E-state index is 12.9. The monoisotopic (exact) mass is 399 g/mol. The van der Waals surface area contributed by atoms with Gasteiger partial charge < -0.3 is 4.90 Å². The molecule has 2 aliphatic rings. The second-order valence-electron chi connectivity index (χ2n) is 6.74. The molecule has 0 saturated carbocycles. The van der Waals surface area contributed by atoms with Crippen LogP contribution in [0.3, 0.4) is 0 Å². The smallest absolute Gasteiger partial charge is 0.324 e. The van der Waals surface area contributed by atoms with Gasteiger partial charge in [-0.25, -0.2) is 27.2 Å². The highest BCUT2D eigenvalue weighted by molar-refractivity contribution is 7.88. The molecule has 1 aromatic carbocycles. The van der Waals surface area contributed by atoms with Gasteiger partial charge in [-0.05, 0) is 30.5 Å². The van der Waals surface area contributed by atoms with E-state index in [1.165, 1.54) is 0 Å². The summed E-state index contributed by atoms with van der Waals surface area (Å²) < 4.78 is 24.1. The van der Waals surface area contributed by atoms with Gasteiger partial charge in [-0.15, -0.1) is 0 Å². The zero-order chi connectivity index (χ0) is 18.9. The molecule has 1 atom stereocenters. The molecule has 0 radical (unpaired) electrons. The van der Waals surface area contributed by atoms with Crippen molar-refractivity contribution in [1.29, 1.82) is 0 Å². The van der Waals surface area contributed by atoms with E-state index in [1.54, 1.807) is 4.90 Å². The van der Waals surface area contributed by atoms with Gasteiger partial charge in [0.25, 0.3) is 0 Å². The fourth-order valence-corrected chi connectivity index (χ4v) is 4.42. The van der Waals surface area contributed by atoms with Gasteiger partial charge in [-0.2, -0.15) is 0 Å². The normalized spacial score (nSPS) is 21.8. The van der Waals surface area contributed by atoms with Gasteiger partial charge in [0.05, 0.1) is 19.3 Å². The van der Waals surface area contributed by atoms with Gasteiger partial charge in [0.1, 0.15) is 0 Å². The zero-order valence-corrected chi connectivity index (χ0v) is 16.2. The van der Waals surface area contributed by atoms with Gasteiger partial charge in [-0.3, -0.25) is 0 Å². The first-order chi connectivity index (χ1) is 12.3. The van der Waals surface area contributed by atoms with Crippen molar-refractivity contribution in [2.24, 2.45) is 0 Å². The Morgan fingerprint density at radius 2 is 1.81 bits per heavy atom. The van der Waals surface area contributed by atoms with Gasteiger partial charge in [0, 0.05) is 24.0 Å². The minimum Gasteiger partial charge on any atom is -0.324 e. The Hall–Kier alpha value is -1.80. The van der Waals surface area contributed by atoms with Crippen molar-refractivity contribution in [2.45, 2.75) is 25.2 Å². The molecule has 2 heterocycles. The molecule has 0 aliphatic carbocycles. The van der Waals surface area contributed by atoms with Crippen LogP contribution in [-0.2, 0) is 10.0 Å². The number of likely N-dealkylation sites (tertiary alicyclic amines) is 1. The summed E-state index contributed by atoms with van der Waals surface area (Å²) in [7, 11) is -3.66. The standard InChI is InChI=1S/C17H22ClN3O4S/c1-26(24,25)21-11-10-20(17(21)23)16(22)19-9-3-2-4-14(12-19)13-5-7-15(18)8-6-13/h5-8,14H,2-4,9-12H2,1H3/t14-/m1/s1. The van der Waals surface area contributed by atoms with Gasteiger partial charge in [0.15, 0.2) is 0 Å². The topological polar surface area (TPSA) is 78.0 Å². The van der Waals surface area contributed by atoms with Crippen molar-refractivity contribution >= 4 is 33.7 Å². The molecule has 142 valence electrons. The molecule has 2 aliphatic heterocycles. The average molecular weight is 400 g/mol. The molecule has 2 saturated heterocycles. The maximum absolute atomic E-state index is 12.9. The number of halogens is 1. The molecule has 0 aromatic heterocycles. The van der Waals surface area contributed by atoms with Crippen molar-refractivity contribution < 1.29 is 18.0 Å².